The molecule has 6 nitrogen and oxygen atoms in total. The third-order valence-electron chi connectivity index (χ3n) is 1.97. The Balaban J connectivity index is 3.10. The van der Waals surface area contributed by atoms with Gasteiger partial charge in [0.1, 0.15) is 5.82 Å². The van der Waals surface area contributed by atoms with E-state index in [0.717, 1.165) is 18.2 Å². The molecule has 0 fully saturated rings. The fraction of sp³-hybridized carbons (Fsp3) is 0.182. The van der Waals surface area contributed by atoms with Crippen LogP contribution in [0.1, 0.15) is 12.5 Å². The molecule has 1 N–H and O–H groups in total. The van der Waals surface area contributed by atoms with E-state index in [1.54, 1.807) is 6.92 Å². The number of benzene rings is 1. The molecule has 0 saturated heterocycles. The number of hydrogen-bond acceptors (Lipinski definition) is 5. The van der Waals surface area contributed by atoms with E-state index in [-0.39, 0.29) is 12.2 Å². The van der Waals surface area contributed by atoms with Crippen molar-refractivity contribution < 1.29 is 24.0 Å². The molecule has 0 spiro atoms. The Bertz CT molecular complexity index is 512. The molecule has 0 unspecified atom stereocenters. The van der Waals surface area contributed by atoms with Crippen molar-refractivity contribution in [1.29, 1.82) is 0 Å². The van der Waals surface area contributed by atoms with Gasteiger partial charge in [-0.3, -0.25) is 10.1 Å². The Morgan fingerprint density at radius 2 is 2.28 bits per heavy atom. The van der Waals surface area contributed by atoms with Crippen molar-refractivity contribution in [2.75, 3.05) is 6.61 Å². The lowest BCUT2D eigenvalue weighted by molar-refractivity contribution is -0.386. The minimum atomic E-state index is -0.917. The largest absolute Gasteiger partial charge is 0.502 e. The molecular weight excluding hydrogens is 245 g/mol. The van der Waals surface area contributed by atoms with Crippen LogP contribution in [0.25, 0.3) is 6.08 Å². The number of rotatable bonds is 4. The molecular formula is C11H10FNO5. The number of ether oxygens (including phenoxy) is 1. The van der Waals surface area contributed by atoms with Crippen molar-refractivity contribution in [2.24, 2.45) is 0 Å². The average molecular weight is 255 g/mol. The van der Waals surface area contributed by atoms with Crippen molar-refractivity contribution in [2.45, 2.75) is 6.92 Å². The summed E-state index contributed by atoms with van der Waals surface area (Å²) in [4.78, 5) is 20.6. The molecule has 0 aliphatic carbocycles. The number of halogens is 1. The summed E-state index contributed by atoms with van der Waals surface area (Å²) >= 11 is 0. The van der Waals surface area contributed by atoms with Crippen LogP contribution in [-0.2, 0) is 9.53 Å². The number of nitrogens with zero attached hydrogens (tertiary/aromatic N) is 1. The van der Waals surface area contributed by atoms with Gasteiger partial charge in [-0.2, -0.15) is 0 Å². The van der Waals surface area contributed by atoms with Crippen molar-refractivity contribution in [1.82, 2.24) is 0 Å². The van der Waals surface area contributed by atoms with E-state index in [9.17, 15) is 24.4 Å². The second-order valence-corrected chi connectivity index (χ2v) is 3.21. The number of aromatic hydroxyl groups is 1. The standard InChI is InChI=1S/C11H10FNO5/c1-2-18-10(14)4-3-7-5-8(12)6-9(11(7)15)13(16)17/h3-6,15H,2H2,1H3. The lowest BCUT2D eigenvalue weighted by atomic mass is 10.1. The zero-order valence-corrected chi connectivity index (χ0v) is 9.42. The van der Waals surface area contributed by atoms with E-state index in [2.05, 4.69) is 4.74 Å². The van der Waals surface area contributed by atoms with Gasteiger partial charge in [0.15, 0.2) is 0 Å². The minimum absolute atomic E-state index is 0.165. The summed E-state index contributed by atoms with van der Waals surface area (Å²) in [6.45, 7) is 1.77. The smallest absolute Gasteiger partial charge is 0.330 e. The Labute approximate surface area is 101 Å². The van der Waals surface area contributed by atoms with Gasteiger partial charge in [-0.1, -0.05) is 0 Å². The highest BCUT2D eigenvalue weighted by Crippen LogP contribution is 2.31. The third kappa shape index (κ3) is 3.27. The van der Waals surface area contributed by atoms with Crippen LogP contribution in [0.15, 0.2) is 18.2 Å². The number of esters is 1. The molecule has 1 aromatic carbocycles. The lowest BCUT2D eigenvalue weighted by Crippen LogP contribution is -1.99. The summed E-state index contributed by atoms with van der Waals surface area (Å²) in [6.07, 6.45) is 1.99. The van der Waals surface area contributed by atoms with Gasteiger partial charge in [0, 0.05) is 11.6 Å². The van der Waals surface area contributed by atoms with Crippen molar-refractivity contribution >= 4 is 17.7 Å². The Kier molecular flexibility index (Phi) is 4.36. The SMILES string of the molecule is CCOC(=O)C=Cc1cc(F)cc([N+](=O)[O-])c1O. The molecule has 0 aliphatic heterocycles. The van der Waals surface area contributed by atoms with Crippen LogP contribution in [0, 0.1) is 15.9 Å². The number of carbonyl (C=O) groups is 1. The normalized spacial score (nSPS) is 10.6. The van der Waals surface area contributed by atoms with Crippen LogP contribution in [0.5, 0.6) is 5.75 Å². The zero-order chi connectivity index (χ0) is 13.7. The number of hydrogen-bond donors (Lipinski definition) is 1. The molecule has 0 aliphatic rings. The maximum atomic E-state index is 13.1. The molecule has 1 aromatic rings. The highest BCUT2D eigenvalue weighted by molar-refractivity contribution is 5.87. The van der Waals surface area contributed by atoms with Gasteiger partial charge in [-0.05, 0) is 19.1 Å². The summed E-state index contributed by atoms with van der Waals surface area (Å²) in [7, 11) is 0. The third-order valence-corrected chi connectivity index (χ3v) is 1.97. The van der Waals surface area contributed by atoms with Crippen molar-refractivity contribution in [3.63, 3.8) is 0 Å². The molecule has 18 heavy (non-hydrogen) atoms. The topological polar surface area (TPSA) is 89.7 Å². The summed E-state index contributed by atoms with van der Waals surface area (Å²) in [6, 6.07) is 1.47. The summed E-state index contributed by atoms with van der Waals surface area (Å²) in [5.41, 5.74) is -0.937. The summed E-state index contributed by atoms with van der Waals surface area (Å²) < 4.78 is 17.7. The molecule has 0 heterocycles. The first-order valence-electron chi connectivity index (χ1n) is 4.97. The van der Waals surface area contributed by atoms with Crippen LogP contribution in [0.4, 0.5) is 10.1 Å². The molecule has 96 valence electrons. The van der Waals surface area contributed by atoms with Gasteiger partial charge >= 0.3 is 11.7 Å². The van der Waals surface area contributed by atoms with Crippen LogP contribution in [0.3, 0.4) is 0 Å². The predicted molar refractivity (Wildman–Crippen MR) is 60.4 cm³/mol. The number of phenolic OH excluding ortho intramolecular Hbond substituents is 1. The van der Waals surface area contributed by atoms with Gasteiger partial charge < -0.3 is 9.84 Å². The van der Waals surface area contributed by atoms with Crippen LogP contribution >= 0.6 is 0 Å². The number of nitro benzene ring substituents is 1. The van der Waals surface area contributed by atoms with Crippen molar-refractivity contribution in [3.8, 4) is 5.75 Å². The molecule has 0 atom stereocenters. The Morgan fingerprint density at radius 3 is 2.83 bits per heavy atom. The van der Waals surface area contributed by atoms with Crippen LogP contribution < -0.4 is 0 Å². The minimum Gasteiger partial charge on any atom is -0.502 e. The Hall–Kier alpha value is -2.44. The van der Waals surface area contributed by atoms with E-state index in [4.69, 9.17) is 0 Å². The van der Waals surface area contributed by atoms with Crippen LogP contribution in [-0.4, -0.2) is 22.6 Å². The van der Waals surface area contributed by atoms with Gasteiger partial charge in [-0.15, -0.1) is 0 Å². The summed E-state index contributed by atoms with van der Waals surface area (Å²) in [5.74, 6) is -2.28. The predicted octanol–water partition coefficient (Wildman–Crippen LogP) is 2.02. The number of phenols is 1. The fourth-order valence-electron chi connectivity index (χ4n) is 1.22. The monoisotopic (exact) mass is 255 g/mol. The quantitative estimate of drug-likeness (QED) is 0.384. The molecule has 7 heteroatoms. The average Bonchev–Trinajstić information content (AvgIpc) is 2.30. The highest BCUT2D eigenvalue weighted by atomic mass is 19.1. The molecule has 0 amide bonds. The van der Waals surface area contributed by atoms with E-state index in [1.165, 1.54) is 0 Å². The van der Waals surface area contributed by atoms with Gasteiger partial charge in [0.25, 0.3) is 0 Å². The summed E-state index contributed by atoms with van der Waals surface area (Å²) in [5, 5.41) is 20.0. The number of carbonyl (C=O) groups excluding carboxylic acids is 1. The van der Waals surface area contributed by atoms with Gasteiger partial charge in [0.05, 0.1) is 17.6 Å². The van der Waals surface area contributed by atoms with Gasteiger partial charge in [0.2, 0.25) is 5.75 Å². The molecule has 1 rings (SSSR count). The van der Waals surface area contributed by atoms with Crippen LogP contribution in [0.2, 0.25) is 0 Å². The lowest BCUT2D eigenvalue weighted by Gasteiger charge is -2.01. The number of nitro groups is 1. The molecule has 0 aromatic heterocycles. The first-order chi connectivity index (χ1) is 8.45. The highest BCUT2D eigenvalue weighted by Gasteiger charge is 2.18. The first kappa shape index (κ1) is 13.6. The molecule has 0 radical (unpaired) electrons. The van der Waals surface area contributed by atoms with Crippen molar-refractivity contribution in [3.05, 3.63) is 39.7 Å². The second kappa shape index (κ2) is 5.76. The van der Waals surface area contributed by atoms with E-state index in [0.29, 0.717) is 6.07 Å². The van der Waals surface area contributed by atoms with Gasteiger partial charge in [-0.25, -0.2) is 9.18 Å². The molecule has 0 saturated carbocycles. The Morgan fingerprint density at radius 1 is 1.61 bits per heavy atom. The zero-order valence-electron chi connectivity index (χ0n) is 9.42. The second-order valence-electron chi connectivity index (χ2n) is 3.21. The van der Waals surface area contributed by atoms with E-state index < -0.39 is 28.1 Å². The van der Waals surface area contributed by atoms with E-state index in [1.807, 2.05) is 0 Å². The van der Waals surface area contributed by atoms with E-state index >= 15 is 0 Å². The first-order valence-corrected chi connectivity index (χ1v) is 4.97. The maximum Gasteiger partial charge on any atom is 0.330 e. The maximum absolute atomic E-state index is 13.1. The molecule has 0 bridgehead atoms. The fourth-order valence-corrected chi connectivity index (χ4v) is 1.22.